The number of phenolic OH excluding ortho intramolecular Hbond substituents is 1. The average Bonchev–Trinajstić information content (AvgIpc) is 3.66. The third-order valence-electron chi connectivity index (χ3n) is 12.4. The molecule has 4 aromatic carbocycles. The van der Waals surface area contributed by atoms with E-state index in [1.165, 1.54) is 17.7 Å². The molecule has 0 spiro atoms. The lowest BCUT2D eigenvalue weighted by atomic mass is 9.87. The topological polar surface area (TPSA) is 124 Å². The number of aryl methyl sites for hydroxylation is 1. The van der Waals surface area contributed by atoms with Crippen molar-refractivity contribution in [3.05, 3.63) is 153 Å². The van der Waals surface area contributed by atoms with Gasteiger partial charge in [0.05, 0.1) is 17.7 Å². The first-order valence-corrected chi connectivity index (χ1v) is 20.1. The van der Waals surface area contributed by atoms with Crippen LogP contribution in [0, 0.1) is 32.1 Å². The summed E-state index contributed by atoms with van der Waals surface area (Å²) in [6.07, 6.45) is 1.62. The van der Waals surface area contributed by atoms with Crippen LogP contribution in [-0.2, 0) is 51.2 Å². The van der Waals surface area contributed by atoms with Crippen molar-refractivity contribution in [3.8, 4) is 34.2 Å². The second-order valence-electron chi connectivity index (χ2n) is 16.1. The van der Waals surface area contributed by atoms with Crippen LogP contribution in [0.2, 0.25) is 0 Å². The molecule has 0 radical (unpaired) electrons. The van der Waals surface area contributed by atoms with Gasteiger partial charge in [-0.2, -0.15) is 5.26 Å². The van der Waals surface area contributed by atoms with Crippen LogP contribution < -0.4 is 5.32 Å². The van der Waals surface area contributed by atoms with Crippen molar-refractivity contribution in [1.82, 2.24) is 18.9 Å². The van der Waals surface area contributed by atoms with E-state index < -0.39 is 0 Å². The summed E-state index contributed by atoms with van der Waals surface area (Å²) < 4.78 is 3.80. The second kappa shape index (κ2) is 15.5. The third-order valence-corrected chi connectivity index (χ3v) is 12.4. The number of carbonyl (C=O) groups is 3. The summed E-state index contributed by atoms with van der Waals surface area (Å²) in [6.45, 7) is 9.29. The molecule has 3 amide bonds. The molecule has 1 atom stereocenters. The minimum Gasteiger partial charge on any atom is -0.508 e. The van der Waals surface area contributed by atoms with Crippen LogP contribution in [-0.4, -0.2) is 54.3 Å². The predicted molar refractivity (Wildman–Crippen MR) is 229 cm³/mol. The summed E-state index contributed by atoms with van der Waals surface area (Å²) in [6, 6.07) is 30.7. The number of nitriles is 1. The number of fused-ring (bicyclic) bond motifs is 2. The number of nitrogens with one attached hydrogen (secondary N) is 1. The lowest BCUT2D eigenvalue weighted by molar-refractivity contribution is -0.131. The number of amides is 3. The van der Waals surface area contributed by atoms with Gasteiger partial charge in [-0.1, -0.05) is 54.1 Å². The molecule has 0 fully saturated rings. The fourth-order valence-corrected chi connectivity index (χ4v) is 8.86. The number of phenols is 1. The number of aromatic hydroxyl groups is 1. The first-order chi connectivity index (χ1) is 28.3. The Balaban J connectivity index is 1.30. The van der Waals surface area contributed by atoms with Crippen LogP contribution >= 0.6 is 0 Å². The summed E-state index contributed by atoms with van der Waals surface area (Å²) in [4.78, 5) is 47.4. The van der Waals surface area contributed by atoms with Gasteiger partial charge in [-0.05, 0) is 111 Å². The summed E-state index contributed by atoms with van der Waals surface area (Å²) >= 11 is 0. The number of hydrogen-bond donors (Lipinski definition) is 2. The van der Waals surface area contributed by atoms with Crippen molar-refractivity contribution in [3.63, 3.8) is 0 Å². The van der Waals surface area contributed by atoms with Gasteiger partial charge in [-0.3, -0.25) is 14.4 Å². The molecule has 298 valence electrons. The minimum absolute atomic E-state index is 0.0388. The SMILES string of the molecule is Cc1cccc(CC(=O)N2CCc3cc(-c4c(-c5cc(C#N)n(C)c5C)c(C(=O)Nc5ccc(O)cc5)c(C)n4C)c(C(=O)N4Cc5ccccc5C[C@H]4C)cc3C2)c1. The molecule has 2 N–H and O–H groups in total. The molecule has 10 nitrogen and oxygen atoms in total. The Morgan fingerprint density at radius 3 is 2.27 bits per heavy atom. The van der Waals surface area contributed by atoms with E-state index >= 15 is 4.79 Å². The Hall–Kier alpha value is -6.86. The molecule has 0 bridgehead atoms. The Morgan fingerprint density at radius 1 is 0.814 bits per heavy atom. The maximum Gasteiger partial charge on any atom is 0.258 e. The summed E-state index contributed by atoms with van der Waals surface area (Å²) in [5, 5.41) is 23.1. The molecule has 0 saturated carbocycles. The van der Waals surface area contributed by atoms with Gasteiger partial charge in [0.1, 0.15) is 17.5 Å². The molecule has 10 heteroatoms. The van der Waals surface area contributed by atoms with Crippen molar-refractivity contribution in [2.75, 3.05) is 11.9 Å². The molecule has 2 aliphatic heterocycles. The standard InChI is InChI=1S/C49H48N6O4/c1-29-10-9-11-33(20-29)22-44(57)54-19-18-35-23-42(43(24-37(35)27-54)49(59)55-28-36-13-8-7-12-34(36)21-30(55)2)47-46(41-25-39(26-50)52(5)31(41)3)45(32(4)53(47)6)48(58)51-38-14-16-40(56)17-15-38/h7-17,20,23-25,30,56H,18-19,21-22,27-28H2,1-6H3,(H,51,58)/t30-/m1/s1. The number of anilines is 1. The lowest BCUT2D eigenvalue weighted by Gasteiger charge is -2.36. The summed E-state index contributed by atoms with van der Waals surface area (Å²) in [7, 11) is 3.74. The first kappa shape index (κ1) is 39.0. The highest BCUT2D eigenvalue weighted by molar-refractivity contribution is 6.14. The van der Waals surface area contributed by atoms with Gasteiger partial charge in [0, 0.05) is 79.1 Å². The summed E-state index contributed by atoms with van der Waals surface area (Å²) in [5.41, 5.74) is 12.4. The van der Waals surface area contributed by atoms with Crippen LogP contribution in [0.15, 0.2) is 91.0 Å². The smallest absolute Gasteiger partial charge is 0.258 e. The fourth-order valence-electron chi connectivity index (χ4n) is 8.86. The Labute approximate surface area is 344 Å². The van der Waals surface area contributed by atoms with Crippen molar-refractivity contribution in [1.29, 1.82) is 5.26 Å². The zero-order valence-electron chi connectivity index (χ0n) is 34.4. The highest BCUT2D eigenvalue weighted by atomic mass is 16.3. The molecule has 2 aromatic heterocycles. The van der Waals surface area contributed by atoms with E-state index in [0.717, 1.165) is 39.9 Å². The Kier molecular flexibility index (Phi) is 10.2. The molecule has 8 rings (SSSR count). The highest BCUT2D eigenvalue weighted by Gasteiger charge is 2.35. The van der Waals surface area contributed by atoms with E-state index in [1.807, 2.05) is 102 Å². The number of aromatic nitrogens is 2. The molecule has 59 heavy (non-hydrogen) atoms. The van der Waals surface area contributed by atoms with Crippen molar-refractivity contribution < 1.29 is 19.5 Å². The van der Waals surface area contributed by atoms with Crippen molar-refractivity contribution in [2.45, 2.75) is 66.1 Å². The van der Waals surface area contributed by atoms with E-state index in [9.17, 15) is 20.0 Å². The van der Waals surface area contributed by atoms with Crippen LogP contribution in [0.4, 0.5) is 5.69 Å². The van der Waals surface area contributed by atoms with Gasteiger partial charge in [-0.25, -0.2) is 0 Å². The van der Waals surface area contributed by atoms with Gasteiger partial charge < -0.3 is 29.4 Å². The van der Waals surface area contributed by atoms with E-state index in [1.54, 1.807) is 12.1 Å². The van der Waals surface area contributed by atoms with Crippen LogP contribution in [0.3, 0.4) is 0 Å². The Morgan fingerprint density at radius 2 is 1.56 bits per heavy atom. The monoisotopic (exact) mass is 784 g/mol. The number of carbonyl (C=O) groups excluding carboxylic acids is 3. The molecular formula is C49H48N6O4. The van der Waals surface area contributed by atoms with Crippen molar-refractivity contribution in [2.24, 2.45) is 14.1 Å². The van der Waals surface area contributed by atoms with E-state index in [2.05, 4.69) is 36.5 Å². The first-order valence-electron chi connectivity index (χ1n) is 20.1. The zero-order chi connectivity index (χ0) is 41.7. The van der Waals surface area contributed by atoms with Crippen LogP contribution in [0.25, 0.3) is 22.4 Å². The van der Waals surface area contributed by atoms with Gasteiger partial charge in [0.25, 0.3) is 11.8 Å². The minimum atomic E-state index is -0.360. The molecule has 6 aromatic rings. The second-order valence-corrected chi connectivity index (χ2v) is 16.1. The number of rotatable bonds is 7. The van der Waals surface area contributed by atoms with E-state index in [4.69, 9.17) is 0 Å². The van der Waals surface area contributed by atoms with Crippen LogP contribution in [0.1, 0.15) is 78.1 Å². The van der Waals surface area contributed by atoms with E-state index in [-0.39, 0.29) is 29.5 Å². The summed E-state index contributed by atoms with van der Waals surface area (Å²) in [5.74, 6) is -0.366. The van der Waals surface area contributed by atoms with Crippen LogP contribution in [0.5, 0.6) is 5.75 Å². The molecule has 2 aliphatic rings. The quantitative estimate of drug-likeness (QED) is 0.158. The molecular weight excluding hydrogens is 737 g/mol. The number of hydrogen-bond acceptors (Lipinski definition) is 5. The zero-order valence-corrected chi connectivity index (χ0v) is 34.4. The van der Waals surface area contributed by atoms with Gasteiger partial charge >= 0.3 is 0 Å². The molecule has 0 unspecified atom stereocenters. The van der Waals surface area contributed by atoms with Gasteiger partial charge in [0.15, 0.2) is 0 Å². The lowest BCUT2D eigenvalue weighted by Crippen LogP contribution is -2.43. The predicted octanol–water partition coefficient (Wildman–Crippen LogP) is 8.17. The third kappa shape index (κ3) is 7.18. The van der Waals surface area contributed by atoms with E-state index in [0.29, 0.717) is 83.1 Å². The molecule has 0 saturated heterocycles. The largest absolute Gasteiger partial charge is 0.508 e. The highest BCUT2D eigenvalue weighted by Crippen LogP contribution is 2.44. The normalized spacial score (nSPS) is 14.7. The molecule has 0 aliphatic carbocycles. The molecule has 4 heterocycles. The maximum atomic E-state index is 15.3. The van der Waals surface area contributed by atoms with Gasteiger partial charge in [0.2, 0.25) is 5.91 Å². The maximum absolute atomic E-state index is 15.3. The average molecular weight is 785 g/mol. The Bertz CT molecular complexity index is 2710. The van der Waals surface area contributed by atoms with Crippen molar-refractivity contribution >= 4 is 23.4 Å². The van der Waals surface area contributed by atoms with Gasteiger partial charge in [-0.15, -0.1) is 0 Å². The number of benzene rings is 4. The fraction of sp³-hybridized carbons (Fsp3) is 0.265. The number of nitrogens with zero attached hydrogens (tertiary/aromatic N) is 5.